The lowest BCUT2D eigenvalue weighted by Crippen LogP contribution is -2.32. The average Bonchev–Trinajstić information content (AvgIpc) is 2.37. The first-order valence-corrected chi connectivity index (χ1v) is 6.87. The molecule has 0 bridgehead atoms. The van der Waals surface area contributed by atoms with Gasteiger partial charge in [0.05, 0.1) is 10.3 Å². The van der Waals surface area contributed by atoms with Gasteiger partial charge in [0.25, 0.3) is 0 Å². The Morgan fingerprint density at radius 3 is 2.94 bits per heavy atom. The van der Waals surface area contributed by atoms with E-state index >= 15 is 0 Å². The van der Waals surface area contributed by atoms with Crippen LogP contribution in [0.25, 0.3) is 0 Å². The maximum absolute atomic E-state index is 11.8. The van der Waals surface area contributed by atoms with E-state index in [1.165, 1.54) is 11.8 Å². The first-order valence-electron chi connectivity index (χ1n) is 5.99. The number of thioether (sulfide) groups is 1. The van der Waals surface area contributed by atoms with Gasteiger partial charge in [-0.15, -0.1) is 0 Å². The predicted molar refractivity (Wildman–Crippen MR) is 73.8 cm³/mol. The van der Waals surface area contributed by atoms with Crippen molar-refractivity contribution < 1.29 is 9.53 Å². The molecule has 0 aliphatic rings. The topological polar surface area (TPSA) is 51.2 Å². The van der Waals surface area contributed by atoms with Crippen molar-refractivity contribution in [2.75, 3.05) is 20.3 Å². The van der Waals surface area contributed by atoms with Gasteiger partial charge >= 0.3 is 0 Å². The number of nitrogens with zero attached hydrogens (tertiary/aromatic N) is 1. The van der Waals surface area contributed by atoms with Crippen molar-refractivity contribution in [1.29, 1.82) is 0 Å². The number of hydrogen-bond donors (Lipinski definition) is 1. The number of aromatic nitrogens is 1. The molecule has 18 heavy (non-hydrogen) atoms. The minimum Gasteiger partial charge on any atom is -0.385 e. The highest BCUT2D eigenvalue weighted by Gasteiger charge is 2.14. The third-order valence-electron chi connectivity index (χ3n) is 2.38. The average molecular weight is 268 g/mol. The van der Waals surface area contributed by atoms with Gasteiger partial charge in [-0.1, -0.05) is 17.8 Å². The Balaban J connectivity index is 2.33. The second-order valence-electron chi connectivity index (χ2n) is 4.07. The van der Waals surface area contributed by atoms with E-state index in [1.54, 1.807) is 7.11 Å². The van der Waals surface area contributed by atoms with E-state index in [-0.39, 0.29) is 11.2 Å². The minimum atomic E-state index is -0.136. The number of aryl methyl sites for hydroxylation is 1. The van der Waals surface area contributed by atoms with Crippen LogP contribution in [0.2, 0.25) is 0 Å². The Morgan fingerprint density at radius 1 is 1.56 bits per heavy atom. The summed E-state index contributed by atoms with van der Waals surface area (Å²) >= 11 is 1.47. The van der Waals surface area contributed by atoms with Gasteiger partial charge in [-0.25, -0.2) is 4.98 Å². The molecule has 0 aromatic carbocycles. The zero-order valence-corrected chi connectivity index (χ0v) is 11.9. The summed E-state index contributed by atoms with van der Waals surface area (Å²) in [5.74, 6) is 0.0403. The SMILES string of the molecule is COCCCNC(=O)C(C)Sc1ccc(C)cn1. The molecular weight excluding hydrogens is 248 g/mol. The standard InChI is InChI=1S/C13H20N2O2S/c1-10-5-6-12(15-9-10)18-11(2)13(16)14-7-4-8-17-3/h5-6,9,11H,4,7-8H2,1-3H3,(H,14,16). The first-order chi connectivity index (χ1) is 8.63. The van der Waals surface area contributed by atoms with Crippen LogP contribution >= 0.6 is 11.8 Å². The summed E-state index contributed by atoms with van der Waals surface area (Å²) < 4.78 is 4.92. The van der Waals surface area contributed by atoms with E-state index in [2.05, 4.69) is 10.3 Å². The molecule has 0 aliphatic carbocycles. The van der Waals surface area contributed by atoms with Gasteiger partial charge in [-0.05, 0) is 31.9 Å². The summed E-state index contributed by atoms with van der Waals surface area (Å²) in [6.07, 6.45) is 2.65. The predicted octanol–water partition coefficient (Wildman–Crippen LogP) is 2.02. The first kappa shape index (κ1) is 15.0. The molecule has 0 fully saturated rings. The second-order valence-corrected chi connectivity index (χ2v) is 5.43. The molecule has 0 spiro atoms. The van der Waals surface area contributed by atoms with Crippen LogP contribution in [0.1, 0.15) is 18.9 Å². The highest BCUT2D eigenvalue weighted by atomic mass is 32.2. The van der Waals surface area contributed by atoms with Gasteiger partial charge in [0.1, 0.15) is 0 Å². The van der Waals surface area contributed by atoms with Gasteiger partial charge in [0.15, 0.2) is 0 Å². The smallest absolute Gasteiger partial charge is 0.233 e. The fourth-order valence-electron chi connectivity index (χ4n) is 1.33. The Morgan fingerprint density at radius 2 is 2.33 bits per heavy atom. The fourth-order valence-corrected chi connectivity index (χ4v) is 2.14. The molecule has 100 valence electrons. The second kappa shape index (κ2) is 8.11. The highest BCUT2D eigenvalue weighted by Crippen LogP contribution is 2.20. The van der Waals surface area contributed by atoms with Crippen molar-refractivity contribution in [2.24, 2.45) is 0 Å². The fraction of sp³-hybridized carbons (Fsp3) is 0.538. The Kier molecular flexibility index (Phi) is 6.75. The van der Waals surface area contributed by atoms with E-state index < -0.39 is 0 Å². The monoisotopic (exact) mass is 268 g/mol. The normalized spacial score (nSPS) is 12.2. The molecule has 5 heteroatoms. The van der Waals surface area contributed by atoms with Crippen LogP contribution in [0.3, 0.4) is 0 Å². The van der Waals surface area contributed by atoms with Crippen LogP contribution in [0.5, 0.6) is 0 Å². The molecule has 0 saturated carbocycles. The number of rotatable bonds is 7. The summed E-state index contributed by atoms with van der Waals surface area (Å²) in [7, 11) is 1.66. The number of hydrogen-bond acceptors (Lipinski definition) is 4. The van der Waals surface area contributed by atoms with Crippen LogP contribution < -0.4 is 5.32 Å². The van der Waals surface area contributed by atoms with Crippen LogP contribution in [0, 0.1) is 6.92 Å². The summed E-state index contributed by atoms with van der Waals surface area (Å²) in [6, 6.07) is 3.94. The largest absolute Gasteiger partial charge is 0.385 e. The minimum absolute atomic E-state index is 0.0403. The molecule has 4 nitrogen and oxygen atoms in total. The molecule has 1 amide bonds. The van der Waals surface area contributed by atoms with Gasteiger partial charge < -0.3 is 10.1 Å². The van der Waals surface area contributed by atoms with Gasteiger partial charge in [0, 0.05) is 26.5 Å². The number of carbonyl (C=O) groups is 1. The molecule has 1 aromatic rings. The Hall–Kier alpha value is -1.07. The molecule has 0 radical (unpaired) electrons. The summed E-state index contributed by atoms with van der Waals surface area (Å²) in [5, 5.41) is 3.62. The zero-order chi connectivity index (χ0) is 13.4. The highest BCUT2D eigenvalue weighted by molar-refractivity contribution is 8.00. The van der Waals surface area contributed by atoms with Crippen LogP contribution in [-0.4, -0.2) is 36.4 Å². The van der Waals surface area contributed by atoms with Crippen molar-refractivity contribution >= 4 is 17.7 Å². The molecule has 1 N–H and O–H groups in total. The maximum Gasteiger partial charge on any atom is 0.233 e. The molecule has 1 rings (SSSR count). The van der Waals surface area contributed by atoms with Gasteiger partial charge in [0.2, 0.25) is 5.91 Å². The summed E-state index contributed by atoms with van der Waals surface area (Å²) in [5.41, 5.74) is 1.12. The number of amides is 1. The molecule has 1 aromatic heterocycles. The molecule has 0 aliphatic heterocycles. The van der Waals surface area contributed by atoms with Crippen LogP contribution in [0.4, 0.5) is 0 Å². The number of ether oxygens (including phenoxy) is 1. The number of pyridine rings is 1. The molecule has 0 saturated heterocycles. The molecule has 1 unspecified atom stereocenters. The van der Waals surface area contributed by atoms with E-state index in [0.29, 0.717) is 13.2 Å². The van der Waals surface area contributed by atoms with E-state index in [9.17, 15) is 4.79 Å². The third kappa shape index (κ3) is 5.51. The van der Waals surface area contributed by atoms with Crippen LogP contribution in [0.15, 0.2) is 23.4 Å². The van der Waals surface area contributed by atoms with E-state index in [0.717, 1.165) is 17.0 Å². The molecule has 1 atom stereocenters. The van der Waals surface area contributed by atoms with Crippen molar-refractivity contribution in [3.05, 3.63) is 23.9 Å². The van der Waals surface area contributed by atoms with Gasteiger partial charge in [-0.2, -0.15) is 0 Å². The summed E-state index contributed by atoms with van der Waals surface area (Å²) in [4.78, 5) is 16.1. The number of carbonyl (C=O) groups excluding carboxylic acids is 1. The molecular formula is C13H20N2O2S. The lowest BCUT2D eigenvalue weighted by molar-refractivity contribution is -0.120. The third-order valence-corrected chi connectivity index (χ3v) is 3.43. The molecule has 1 heterocycles. The van der Waals surface area contributed by atoms with Gasteiger partial charge in [-0.3, -0.25) is 4.79 Å². The maximum atomic E-state index is 11.8. The Bertz CT molecular complexity index is 368. The van der Waals surface area contributed by atoms with Crippen LogP contribution in [-0.2, 0) is 9.53 Å². The summed E-state index contributed by atoms with van der Waals surface area (Å²) in [6.45, 7) is 5.20. The van der Waals surface area contributed by atoms with Crippen molar-refractivity contribution in [1.82, 2.24) is 10.3 Å². The van der Waals surface area contributed by atoms with E-state index in [4.69, 9.17) is 4.74 Å². The quantitative estimate of drug-likeness (QED) is 0.607. The number of methoxy groups -OCH3 is 1. The lowest BCUT2D eigenvalue weighted by atomic mass is 10.3. The van der Waals surface area contributed by atoms with Crippen molar-refractivity contribution in [3.63, 3.8) is 0 Å². The van der Waals surface area contributed by atoms with Crippen molar-refractivity contribution in [3.8, 4) is 0 Å². The number of nitrogens with one attached hydrogen (secondary N) is 1. The Labute approximate surface area is 113 Å². The van der Waals surface area contributed by atoms with E-state index in [1.807, 2.05) is 32.2 Å². The zero-order valence-electron chi connectivity index (χ0n) is 11.1. The van der Waals surface area contributed by atoms with Crippen molar-refractivity contribution in [2.45, 2.75) is 30.5 Å². The lowest BCUT2D eigenvalue weighted by Gasteiger charge is -2.11.